The van der Waals surface area contributed by atoms with E-state index in [0.29, 0.717) is 17.0 Å². The summed E-state index contributed by atoms with van der Waals surface area (Å²) in [6.07, 6.45) is 0. The average molecular weight is 294 g/mol. The molecule has 1 heterocycles. The number of benzene rings is 2. The molecular weight excluding hydrogens is 280 g/mol. The summed E-state index contributed by atoms with van der Waals surface area (Å²) in [6.45, 7) is 0. The fourth-order valence-corrected chi connectivity index (χ4v) is 2.15. The van der Waals surface area contributed by atoms with Gasteiger partial charge in [-0.25, -0.2) is 0 Å². The van der Waals surface area contributed by atoms with Gasteiger partial charge >= 0.3 is 0 Å². The van der Waals surface area contributed by atoms with Gasteiger partial charge in [0, 0.05) is 17.1 Å². The Kier molecular flexibility index (Phi) is 3.62. The summed E-state index contributed by atoms with van der Waals surface area (Å²) < 4.78 is 10.5. The van der Waals surface area contributed by atoms with Crippen molar-refractivity contribution in [1.29, 1.82) is 5.41 Å². The highest BCUT2D eigenvalue weighted by molar-refractivity contribution is 6.05. The molecule has 0 aliphatic carbocycles. The molecule has 0 fully saturated rings. The molecule has 0 bridgehead atoms. The number of carbonyl (C=O) groups excluding carboxylic acids is 1. The van der Waals surface area contributed by atoms with Gasteiger partial charge in [0.05, 0.1) is 7.11 Å². The maximum atomic E-state index is 12.3. The highest BCUT2D eigenvalue weighted by Crippen LogP contribution is 2.18. The molecule has 5 heteroatoms. The molecule has 0 atom stereocenters. The number of methoxy groups -OCH3 is 1. The lowest BCUT2D eigenvalue weighted by Crippen LogP contribution is -2.20. The molecule has 0 aliphatic heterocycles. The van der Waals surface area contributed by atoms with E-state index in [0.717, 1.165) is 5.39 Å². The van der Waals surface area contributed by atoms with Crippen LogP contribution in [0.2, 0.25) is 0 Å². The number of rotatable bonds is 3. The number of hydrogen-bond acceptors (Lipinski definition) is 4. The van der Waals surface area contributed by atoms with Crippen molar-refractivity contribution in [2.45, 2.75) is 0 Å². The van der Waals surface area contributed by atoms with E-state index in [1.54, 1.807) is 43.5 Å². The molecule has 2 aromatic carbocycles. The van der Waals surface area contributed by atoms with Crippen molar-refractivity contribution in [3.8, 4) is 5.75 Å². The number of carbonyl (C=O) groups is 1. The minimum Gasteiger partial charge on any atom is -0.497 e. The van der Waals surface area contributed by atoms with E-state index < -0.39 is 5.91 Å². The van der Waals surface area contributed by atoms with Gasteiger partial charge in [-0.2, -0.15) is 0 Å². The fraction of sp³-hybridized carbons (Fsp3) is 0.0588. The lowest BCUT2D eigenvalue weighted by atomic mass is 10.1. The molecule has 0 unspecified atom stereocenters. The normalized spacial score (nSPS) is 10.4. The summed E-state index contributed by atoms with van der Waals surface area (Å²) in [5.41, 5.74) is 1.18. The quantitative estimate of drug-likeness (QED) is 0.779. The molecule has 22 heavy (non-hydrogen) atoms. The highest BCUT2D eigenvalue weighted by atomic mass is 16.5. The predicted octanol–water partition coefficient (Wildman–Crippen LogP) is 3.17. The smallest absolute Gasteiger partial charge is 0.261 e. The summed E-state index contributed by atoms with van der Waals surface area (Å²) in [4.78, 5) is 12.3. The van der Waals surface area contributed by atoms with Gasteiger partial charge in [-0.1, -0.05) is 24.3 Å². The van der Waals surface area contributed by atoms with Crippen LogP contribution in [-0.2, 0) is 0 Å². The van der Waals surface area contributed by atoms with Crippen molar-refractivity contribution in [3.63, 3.8) is 0 Å². The Morgan fingerprint density at radius 2 is 1.95 bits per heavy atom. The molecule has 5 nitrogen and oxygen atoms in total. The van der Waals surface area contributed by atoms with Gasteiger partial charge in [-0.3, -0.25) is 10.2 Å². The van der Waals surface area contributed by atoms with Gasteiger partial charge in [-0.15, -0.1) is 0 Å². The first kappa shape index (κ1) is 13.9. The molecule has 2 N–H and O–H groups in total. The van der Waals surface area contributed by atoms with E-state index in [4.69, 9.17) is 14.6 Å². The van der Waals surface area contributed by atoms with Crippen LogP contribution in [0, 0.1) is 5.41 Å². The maximum absolute atomic E-state index is 12.3. The van der Waals surface area contributed by atoms with Crippen LogP contribution in [-0.4, -0.2) is 13.0 Å². The number of fused-ring (bicyclic) bond motifs is 1. The Balaban J connectivity index is 1.94. The van der Waals surface area contributed by atoms with Gasteiger partial charge in [0.15, 0.2) is 0 Å². The third kappa shape index (κ3) is 2.69. The molecule has 1 aromatic heterocycles. The third-order valence-electron chi connectivity index (χ3n) is 3.25. The molecule has 0 saturated carbocycles. The van der Waals surface area contributed by atoms with E-state index >= 15 is 0 Å². The van der Waals surface area contributed by atoms with Crippen molar-refractivity contribution < 1.29 is 13.9 Å². The number of para-hydroxylation sites is 1. The van der Waals surface area contributed by atoms with Crippen LogP contribution in [0.15, 0.2) is 59.0 Å². The fourth-order valence-electron chi connectivity index (χ4n) is 2.15. The van der Waals surface area contributed by atoms with Crippen LogP contribution in [0.3, 0.4) is 0 Å². The molecular formula is C17H14N2O3. The van der Waals surface area contributed by atoms with Crippen LogP contribution in [0.1, 0.15) is 10.4 Å². The first-order chi connectivity index (χ1) is 10.7. The summed E-state index contributed by atoms with van der Waals surface area (Å²) in [5, 5.41) is 11.4. The summed E-state index contributed by atoms with van der Waals surface area (Å²) in [7, 11) is 1.56. The monoisotopic (exact) mass is 294 g/mol. The van der Waals surface area contributed by atoms with E-state index in [2.05, 4.69) is 5.32 Å². The second kappa shape index (κ2) is 5.73. The zero-order chi connectivity index (χ0) is 15.5. The standard InChI is InChI=1S/C17H14N2O3/c1-21-13-7-4-6-12(10-13)19-17(20)14-9-11-5-2-3-8-15(11)22-16(14)18/h2-10,18H,1H3,(H,19,20). The van der Waals surface area contributed by atoms with E-state index in [9.17, 15) is 4.79 Å². The summed E-state index contributed by atoms with van der Waals surface area (Å²) in [5.74, 6) is 0.250. The highest BCUT2D eigenvalue weighted by Gasteiger charge is 2.12. The third-order valence-corrected chi connectivity index (χ3v) is 3.25. The van der Waals surface area contributed by atoms with Crippen molar-refractivity contribution in [3.05, 3.63) is 65.7 Å². The first-order valence-electron chi connectivity index (χ1n) is 6.70. The number of anilines is 1. The summed E-state index contributed by atoms with van der Waals surface area (Å²) >= 11 is 0. The molecule has 3 aromatic rings. The average Bonchev–Trinajstić information content (AvgIpc) is 2.54. The predicted molar refractivity (Wildman–Crippen MR) is 83.0 cm³/mol. The number of nitrogens with one attached hydrogen (secondary N) is 2. The van der Waals surface area contributed by atoms with Gasteiger partial charge < -0.3 is 14.5 Å². The van der Waals surface area contributed by atoms with Crippen LogP contribution in [0.25, 0.3) is 11.0 Å². The molecule has 0 spiro atoms. The second-order valence-corrected chi connectivity index (χ2v) is 4.71. The van der Waals surface area contributed by atoms with Gasteiger partial charge in [0.2, 0.25) is 5.55 Å². The van der Waals surface area contributed by atoms with Crippen molar-refractivity contribution >= 4 is 22.6 Å². The Bertz CT molecular complexity index is 900. The number of hydrogen-bond donors (Lipinski definition) is 2. The SMILES string of the molecule is COc1cccc(NC(=O)c2cc3ccccc3oc2=N)c1. The minimum absolute atomic E-state index is 0.168. The topological polar surface area (TPSA) is 75.3 Å². The second-order valence-electron chi connectivity index (χ2n) is 4.71. The largest absolute Gasteiger partial charge is 0.497 e. The molecule has 0 radical (unpaired) electrons. The zero-order valence-electron chi connectivity index (χ0n) is 11.9. The minimum atomic E-state index is -0.396. The molecule has 3 rings (SSSR count). The number of ether oxygens (including phenoxy) is 1. The first-order valence-corrected chi connectivity index (χ1v) is 6.70. The van der Waals surface area contributed by atoms with Crippen molar-refractivity contribution in [2.75, 3.05) is 12.4 Å². The van der Waals surface area contributed by atoms with Crippen LogP contribution in [0.5, 0.6) is 5.75 Å². The Morgan fingerprint density at radius 3 is 2.77 bits per heavy atom. The Labute approximate surface area is 126 Å². The summed E-state index contributed by atoms with van der Waals surface area (Å²) in [6, 6.07) is 15.9. The molecule has 0 saturated heterocycles. The lowest BCUT2D eigenvalue weighted by molar-refractivity contribution is 0.102. The maximum Gasteiger partial charge on any atom is 0.261 e. The van der Waals surface area contributed by atoms with E-state index in [1.807, 2.05) is 18.2 Å². The van der Waals surface area contributed by atoms with Gasteiger partial charge in [0.25, 0.3) is 5.91 Å². The van der Waals surface area contributed by atoms with Crippen LogP contribution in [0.4, 0.5) is 5.69 Å². The zero-order valence-corrected chi connectivity index (χ0v) is 11.9. The number of amides is 1. The van der Waals surface area contributed by atoms with Crippen molar-refractivity contribution in [1.82, 2.24) is 0 Å². The Morgan fingerprint density at radius 1 is 1.14 bits per heavy atom. The molecule has 0 aliphatic rings. The molecule has 1 amide bonds. The van der Waals surface area contributed by atoms with Crippen LogP contribution < -0.4 is 15.6 Å². The Hall–Kier alpha value is -3.08. The van der Waals surface area contributed by atoms with Crippen molar-refractivity contribution in [2.24, 2.45) is 0 Å². The lowest BCUT2D eigenvalue weighted by Gasteiger charge is -2.07. The molecule has 110 valence electrons. The van der Waals surface area contributed by atoms with Crippen LogP contribution >= 0.6 is 0 Å². The van der Waals surface area contributed by atoms with Gasteiger partial charge in [-0.05, 0) is 24.3 Å². The van der Waals surface area contributed by atoms with E-state index in [-0.39, 0.29) is 11.1 Å². The van der Waals surface area contributed by atoms with Gasteiger partial charge in [0.1, 0.15) is 16.9 Å². The van der Waals surface area contributed by atoms with E-state index in [1.165, 1.54) is 0 Å².